The van der Waals surface area contributed by atoms with Crippen molar-refractivity contribution in [2.24, 2.45) is 0 Å². The van der Waals surface area contributed by atoms with Gasteiger partial charge in [0.25, 0.3) is 0 Å². The van der Waals surface area contributed by atoms with E-state index in [0.717, 1.165) is 19.3 Å². The first kappa shape index (κ1) is 13.9. The third-order valence-electron chi connectivity index (χ3n) is 3.70. The van der Waals surface area contributed by atoms with Crippen molar-refractivity contribution in [3.05, 3.63) is 34.9 Å². The summed E-state index contributed by atoms with van der Waals surface area (Å²) in [5.41, 5.74) is 3.84. The summed E-state index contributed by atoms with van der Waals surface area (Å²) in [6.45, 7) is 4.37. The standard InChI is InChI=1S/C16H23NO2/c1-11(2)13-9-8-12-6-5-7-15(14(12)10-13)19-16(18)17(3)4/h8-11,15H,5-7H2,1-4H3. The second kappa shape index (κ2) is 5.64. The normalized spacial score (nSPS) is 18.1. The predicted molar refractivity (Wildman–Crippen MR) is 76.4 cm³/mol. The van der Waals surface area contributed by atoms with Crippen molar-refractivity contribution in [1.82, 2.24) is 4.90 Å². The lowest BCUT2D eigenvalue weighted by molar-refractivity contribution is 0.0657. The zero-order chi connectivity index (χ0) is 14.0. The molecule has 3 nitrogen and oxygen atoms in total. The molecular weight excluding hydrogens is 238 g/mol. The number of benzene rings is 1. The molecule has 2 rings (SSSR count). The van der Waals surface area contributed by atoms with E-state index in [1.165, 1.54) is 21.6 Å². The van der Waals surface area contributed by atoms with Gasteiger partial charge < -0.3 is 9.64 Å². The van der Waals surface area contributed by atoms with Crippen molar-refractivity contribution in [1.29, 1.82) is 0 Å². The van der Waals surface area contributed by atoms with Gasteiger partial charge in [0.1, 0.15) is 6.10 Å². The van der Waals surface area contributed by atoms with Crippen LogP contribution >= 0.6 is 0 Å². The Morgan fingerprint density at radius 1 is 1.37 bits per heavy atom. The van der Waals surface area contributed by atoms with Crippen LogP contribution in [-0.2, 0) is 11.2 Å². The Kier molecular flexibility index (Phi) is 4.13. The fourth-order valence-electron chi connectivity index (χ4n) is 2.48. The van der Waals surface area contributed by atoms with Gasteiger partial charge in [-0.1, -0.05) is 32.0 Å². The first-order chi connectivity index (χ1) is 8.99. The summed E-state index contributed by atoms with van der Waals surface area (Å²) in [6.07, 6.45) is 2.75. The van der Waals surface area contributed by atoms with Gasteiger partial charge in [0.15, 0.2) is 0 Å². The van der Waals surface area contributed by atoms with Crippen LogP contribution in [-0.4, -0.2) is 25.1 Å². The van der Waals surface area contributed by atoms with E-state index in [0.29, 0.717) is 5.92 Å². The van der Waals surface area contributed by atoms with Gasteiger partial charge in [-0.2, -0.15) is 0 Å². The lowest BCUT2D eigenvalue weighted by Crippen LogP contribution is -2.26. The van der Waals surface area contributed by atoms with Gasteiger partial charge in [0, 0.05) is 14.1 Å². The van der Waals surface area contributed by atoms with Crippen LogP contribution < -0.4 is 0 Å². The molecule has 1 unspecified atom stereocenters. The monoisotopic (exact) mass is 261 g/mol. The minimum absolute atomic E-state index is 0.0858. The molecular formula is C16H23NO2. The fraction of sp³-hybridized carbons (Fsp3) is 0.562. The van der Waals surface area contributed by atoms with Crippen molar-refractivity contribution < 1.29 is 9.53 Å². The molecule has 0 bridgehead atoms. The molecule has 0 saturated carbocycles. The van der Waals surface area contributed by atoms with Crippen molar-refractivity contribution in [3.63, 3.8) is 0 Å². The molecule has 0 aliphatic heterocycles. The topological polar surface area (TPSA) is 29.5 Å². The molecule has 0 fully saturated rings. The SMILES string of the molecule is CC(C)c1ccc2c(c1)C(OC(=O)N(C)C)CCC2. The molecule has 1 aromatic rings. The van der Waals surface area contributed by atoms with Crippen LogP contribution in [0.4, 0.5) is 4.79 Å². The Morgan fingerprint density at radius 3 is 2.74 bits per heavy atom. The quantitative estimate of drug-likeness (QED) is 0.808. The zero-order valence-electron chi connectivity index (χ0n) is 12.3. The van der Waals surface area contributed by atoms with E-state index in [9.17, 15) is 4.79 Å². The van der Waals surface area contributed by atoms with Gasteiger partial charge in [0.05, 0.1) is 0 Å². The summed E-state index contributed by atoms with van der Waals surface area (Å²) in [5.74, 6) is 0.498. The van der Waals surface area contributed by atoms with Crippen LogP contribution in [0.25, 0.3) is 0 Å². The molecule has 1 amide bonds. The Hall–Kier alpha value is -1.51. The molecule has 19 heavy (non-hydrogen) atoms. The summed E-state index contributed by atoms with van der Waals surface area (Å²) >= 11 is 0. The third-order valence-corrected chi connectivity index (χ3v) is 3.70. The van der Waals surface area contributed by atoms with E-state index >= 15 is 0 Å². The first-order valence-electron chi connectivity index (χ1n) is 6.99. The molecule has 0 radical (unpaired) electrons. The minimum Gasteiger partial charge on any atom is -0.441 e. The van der Waals surface area contributed by atoms with Gasteiger partial charge in [-0.25, -0.2) is 4.79 Å². The van der Waals surface area contributed by atoms with Gasteiger partial charge >= 0.3 is 6.09 Å². The maximum absolute atomic E-state index is 11.7. The lowest BCUT2D eigenvalue weighted by atomic mass is 9.86. The molecule has 104 valence electrons. The van der Waals surface area contributed by atoms with Crippen LogP contribution in [0.15, 0.2) is 18.2 Å². The molecule has 0 aromatic heterocycles. The third kappa shape index (κ3) is 3.09. The van der Waals surface area contributed by atoms with E-state index in [-0.39, 0.29) is 12.2 Å². The van der Waals surface area contributed by atoms with Gasteiger partial charge in [-0.05, 0) is 41.9 Å². The van der Waals surface area contributed by atoms with E-state index in [4.69, 9.17) is 4.74 Å². The van der Waals surface area contributed by atoms with Gasteiger partial charge in [0.2, 0.25) is 0 Å². The Bertz CT molecular complexity index is 466. The molecule has 1 aromatic carbocycles. The van der Waals surface area contributed by atoms with Crippen LogP contribution in [0.5, 0.6) is 0 Å². The molecule has 0 N–H and O–H groups in total. The number of carbonyl (C=O) groups excluding carboxylic acids is 1. The van der Waals surface area contributed by atoms with E-state index in [1.54, 1.807) is 14.1 Å². The van der Waals surface area contributed by atoms with Gasteiger partial charge in [-0.15, -0.1) is 0 Å². The maximum atomic E-state index is 11.7. The Balaban J connectivity index is 2.26. The van der Waals surface area contributed by atoms with Crippen molar-refractivity contribution in [2.75, 3.05) is 14.1 Å². The molecule has 3 heteroatoms. The van der Waals surface area contributed by atoms with Crippen LogP contribution in [0.2, 0.25) is 0 Å². The van der Waals surface area contributed by atoms with Crippen molar-refractivity contribution in [2.45, 2.75) is 45.1 Å². The van der Waals surface area contributed by atoms with E-state index in [1.807, 2.05) is 0 Å². The van der Waals surface area contributed by atoms with Crippen LogP contribution in [0.1, 0.15) is 55.4 Å². The highest BCUT2D eigenvalue weighted by Gasteiger charge is 2.24. The summed E-state index contributed by atoms with van der Waals surface area (Å²) in [6, 6.07) is 6.60. The number of ether oxygens (including phenoxy) is 1. The average Bonchev–Trinajstić information content (AvgIpc) is 2.38. The summed E-state index contributed by atoms with van der Waals surface area (Å²) in [5, 5.41) is 0. The summed E-state index contributed by atoms with van der Waals surface area (Å²) in [7, 11) is 3.44. The van der Waals surface area contributed by atoms with Crippen molar-refractivity contribution >= 4 is 6.09 Å². The Labute approximate surface area is 115 Å². The lowest BCUT2D eigenvalue weighted by Gasteiger charge is -2.27. The fourth-order valence-corrected chi connectivity index (χ4v) is 2.48. The number of aryl methyl sites for hydroxylation is 1. The number of hydrogen-bond donors (Lipinski definition) is 0. The average molecular weight is 261 g/mol. The van der Waals surface area contributed by atoms with Crippen LogP contribution in [0, 0.1) is 0 Å². The largest absolute Gasteiger partial charge is 0.441 e. The zero-order valence-corrected chi connectivity index (χ0v) is 12.3. The second-order valence-electron chi connectivity index (χ2n) is 5.77. The maximum Gasteiger partial charge on any atom is 0.409 e. The summed E-state index contributed by atoms with van der Waals surface area (Å²) < 4.78 is 5.60. The molecule has 1 aliphatic rings. The van der Waals surface area contributed by atoms with E-state index < -0.39 is 0 Å². The van der Waals surface area contributed by atoms with E-state index in [2.05, 4.69) is 32.0 Å². The number of hydrogen-bond acceptors (Lipinski definition) is 2. The number of nitrogens with zero attached hydrogens (tertiary/aromatic N) is 1. The highest BCUT2D eigenvalue weighted by Crippen LogP contribution is 2.34. The molecule has 0 spiro atoms. The number of fused-ring (bicyclic) bond motifs is 1. The Morgan fingerprint density at radius 2 is 2.11 bits per heavy atom. The number of carbonyl (C=O) groups is 1. The smallest absolute Gasteiger partial charge is 0.409 e. The molecule has 0 heterocycles. The predicted octanol–water partition coefficient (Wildman–Crippen LogP) is 3.89. The number of amides is 1. The minimum atomic E-state index is -0.257. The van der Waals surface area contributed by atoms with Gasteiger partial charge in [-0.3, -0.25) is 0 Å². The second-order valence-corrected chi connectivity index (χ2v) is 5.77. The summed E-state index contributed by atoms with van der Waals surface area (Å²) in [4.78, 5) is 13.2. The molecule has 1 aliphatic carbocycles. The molecule has 1 atom stereocenters. The molecule has 0 saturated heterocycles. The van der Waals surface area contributed by atoms with Crippen molar-refractivity contribution in [3.8, 4) is 0 Å². The number of rotatable bonds is 2. The highest BCUT2D eigenvalue weighted by atomic mass is 16.6. The first-order valence-corrected chi connectivity index (χ1v) is 6.99. The highest BCUT2D eigenvalue weighted by molar-refractivity contribution is 5.67. The van der Waals surface area contributed by atoms with Crippen LogP contribution in [0.3, 0.4) is 0 Å².